The second-order valence-electron chi connectivity index (χ2n) is 5.72. The summed E-state index contributed by atoms with van der Waals surface area (Å²) < 4.78 is 0. The van der Waals surface area contributed by atoms with Crippen molar-refractivity contribution >= 4 is 5.91 Å². The van der Waals surface area contributed by atoms with Crippen LogP contribution < -0.4 is 10.6 Å². The Morgan fingerprint density at radius 3 is 2.73 bits per heavy atom. The Morgan fingerprint density at radius 2 is 2.20 bits per heavy atom. The van der Waals surface area contributed by atoms with Gasteiger partial charge in [-0.3, -0.25) is 4.79 Å². The molecule has 3 heteroatoms. The molecule has 88 valence electrons. The van der Waals surface area contributed by atoms with Crippen LogP contribution in [0.15, 0.2) is 0 Å². The zero-order valence-corrected chi connectivity index (χ0v) is 10.2. The van der Waals surface area contributed by atoms with E-state index in [1.165, 1.54) is 6.42 Å². The van der Waals surface area contributed by atoms with E-state index in [4.69, 9.17) is 0 Å². The van der Waals surface area contributed by atoms with Gasteiger partial charge in [0, 0.05) is 13.0 Å². The van der Waals surface area contributed by atoms with E-state index in [9.17, 15) is 4.79 Å². The first-order valence-corrected chi connectivity index (χ1v) is 5.95. The second-order valence-corrected chi connectivity index (χ2v) is 5.72. The highest BCUT2D eigenvalue weighted by molar-refractivity contribution is 5.75. The topological polar surface area (TPSA) is 41.1 Å². The van der Waals surface area contributed by atoms with Crippen molar-refractivity contribution in [3.63, 3.8) is 0 Å². The van der Waals surface area contributed by atoms with Crippen molar-refractivity contribution in [3.05, 3.63) is 0 Å². The molecule has 1 fully saturated rings. The molecule has 0 aromatic carbocycles. The van der Waals surface area contributed by atoms with Gasteiger partial charge in [0.15, 0.2) is 0 Å². The van der Waals surface area contributed by atoms with Gasteiger partial charge in [0.05, 0.1) is 0 Å². The number of hydrogen-bond donors (Lipinski definition) is 2. The molecule has 1 aliphatic heterocycles. The Kier molecular flexibility index (Phi) is 4.58. The lowest BCUT2D eigenvalue weighted by Crippen LogP contribution is -2.30. The number of hydrogen-bond acceptors (Lipinski definition) is 2. The third-order valence-electron chi connectivity index (χ3n) is 2.85. The van der Waals surface area contributed by atoms with E-state index in [2.05, 4.69) is 31.4 Å². The SMILES string of the molecule is CC(C)(C)CCC(=O)NCC1CCNC1. The smallest absolute Gasteiger partial charge is 0.220 e. The molecular formula is C12H24N2O. The number of amides is 1. The van der Waals surface area contributed by atoms with Gasteiger partial charge in [0.2, 0.25) is 5.91 Å². The molecule has 0 bridgehead atoms. The predicted molar refractivity (Wildman–Crippen MR) is 62.7 cm³/mol. The van der Waals surface area contributed by atoms with E-state index in [0.29, 0.717) is 12.3 Å². The fourth-order valence-electron chi connectivity index (χ4n) is 1.72. The molecule has 15 heavy (non-hydrogen) atoms. The van der Waals surface area contributed by atoms with Crippen molar-refractivity contribution < 1.29 is 4.79 Å². The van der Waals surface area contributed by atoms with Gasteiger partial charge in [-0.05, 0) is 37.3 Å². The molecule has 1 atom stereocenters. The molecule has 3 nitrogen and oxygen atoms in total. The lowest BCUT2D eigenvalue weighted by atomic mass is 9.90. The normalized spacial score (nSPS) is 21.7. The van der Waals surface area contributed by atoms with Crippen molar-refractivity contribution in [3.8, 4) is 0 Å². The van der Waals surface area contributed by atoms with Crippen molar-refractivity contribution in [1.29, 1.82) is 0 Å². The van der Waals surface area contributed by atoms with E-state index in [0.717, 1.165) is 26.1 Å². The van der Waals surface area contributed by atoms with Crippen LogP contribution in [0.3, 0.4) is 0 Å². The monoisotopic (exact) mass is 212 g/mol. The third-order valence-corrected chi connectivity index (χ3v) is 2.85. The van der Waals surface area contributed by atoms with Crippen molar-refractivity contribution in [2.45, 2.75) is 40.0 Å². The summed E-state index contributed by atoms with van der Waals surface area (Å²) in [4.78, 5) is 11.5. The van der Waals surface area contributed by atoms with Crippen molar-refractivity contribution in [2.75, 3.05) is 19.6 Å². The molecule has 0 spiro atoms. The fraction of sp³-hybridized carbons (Fsp3) is 0.917. The van der Waals surface area contributed by atoms with Crippen LogP contribution in [0, 0.1) is 11.3 Å². The van der Waals surface area contributed by atoms with Gasteiger partial charge >= 0.3 is 0 Å². The Balaban J connectivity index is 2.08. The average molecular weight is 212 g/mol. The quantitative estimate of drug-likeness (QED) is 0.742. The second kappa shape index (κ2) is 5.50. The summed E-state index contributed by atoms with van der Waals surface area (Å²) in [5.74, 6) is 0.848. The fourth-order valence-corrected chi connectivity index (χ4v) is 1.72. The highest BCUT2D eigenvalue weighted by atomic mass is 16.1. The van der Waals surface area contributed by atoms with E-state index < -0.39 is 0 Å². The first kappa shape index (κ1) is 12.5. The lowest BCUT2D eigenvalue weighted by Gasteiger charge is -2.17. The molecule has 1 rings (SSSR count). The number of carbonyl (C=O) groups excluding carboxylic acids is 1. The molecule has 0 aliphatic carbocycles. The summed E-state index contributed by atoms with van der Waals surface area (Å²) in [7, 11) is 0. The molecule has 2 N–H and O–H groups in total. The molecule has 0 radical (unpaired) electrons. The maximum absolute atomic E-state index is 11.5. The van der Waals surface area contributed by atoms with Crippen molar-refractivity contribution in [1.82, 2.24) is 10.6 Å². The zero-order chi connectivity index (χ0) is 11.3. The van der Waals surface area contributed by atoms with Gasteiger partial charge in [0.1, 0.15) is 0 Å². The maximum Gasteiger partial charge on any atom is 0.220 e. The number of carbonyl (C=O) groups is 1. The van der Waals surface area contributed by atoms with Gasteiger partial charge in [0.25, 0.3) is 0 Å². The van der Waals surface area contributed by atoms with E-state index >= 15 is 0 Å². The summed E-state index contributed by atoms with van der Waals surface area (Å²) in [6.45, 7) is 9.50. The van der Waals surface area contributed by atoms with Crippen LogP contribution in [-0.4, -0.2) is 25.5 Å². The molecular weight excluding hydrogens is 188 g/mol. The number of nitrogens with one attached hydrogen (secondary N) is 2. The summed E-state index contributed by atoms with van der Waals surface area (Å²) in [6, 6.07) is 0. The molecule has 0 aromatic rings. The maximum atomic E-state index is 11.5. The Hall–Kier alpha value is -0.570. The highest BCUT2D eigenvalue weighted by Gasteiger charge is 2.16. The molecule has 0 aromatic heterocycles. The van der Waals surface area contributed by atoms with Gasteiger partial charge in [-0.25, -0.2) is 0 Å². The van der Waals surface area contributed by atoms with E-state index in [1.54, 1.807) is 0 Å². The Labute approximate surface area is 93.0 Å². The summed E-state index contributed by atoms with van der Waals surface area (Å²) >= 11 is 0. The molecule has 0 saturated carbocycles. The summed E-state index contributed by atoms with van der Waals surface area (Å²) in [6.07, 6.45) is 2.81. The molecule has 1 aliphatic rings. The van der Waals surface area contributed by atoms with Crippen LogP contribution in [0.2, 0.25) is 0 Å². The third kappa shape index (κ3) is 5.78. The molecule has 1 amide bonds. The zero-order valence-electron chi connectivity index (χ0n) is 10.2. The minimum absolute atomic E-state index is 0.205. The standard InChI is InChI=1S/C12H24N2O/c1-12(2,3)6-4-11(15)14-9-10-5-7-13-8-10/h10,13H,4-9H2,1-3H3,(H,14,15). The first-order chi connectivity index (χ1) is 6.97. The van der Waals surface area contributed by atoms with E-state index in [-0.39, 0.29) is 11.3 Å². The molecule has 1 saturated heterocycles. The van der Waals surface area contributed by atoms with Crippen LogP contribution >= 0.6 is 0 Å². The highest BCUT2D eigenvalue weighted by Crippen LogP contribution is 2.20. The van der Waals surface area contributed by atoms with Gasteiger partial charge in [-0.1, -0.05) is 20.8 Å². The largest absolute Gasteiger partial charge is 0.356 e. The van der Waals surface area contributed by atoms with Crippen molar-refractivity contribution in [2.24, 2.45) is 11.3 Å². The minimum Gasteiger partial charge on any atom is -0.356 e. The van der Waals surface area contributed by atoms with Crippen LogP contribution in [0.1, 0.15) is 40.0 Å². The summed E-state index contributed by atoms with van der Waals surface area (Å²) in [5.41, 5.74) is 0.256. The van der Waals surface area contributed by atoms with Crippen LogP contribution in [-0.2, 0) is 4.79 Å². The lowest BCUT2D eigenvalue weighted by molar-refractivity contribution is -0.121. The predicted octanol–water partition coefficient (Wildman–Crippen LogP) is 1.54. The van der Waals surface area contributed by atoms with Crippen LogP contribution in [0.25, 0.3) is 0 Å². The van der Waals surface area contributed by atoms with Crippen LogP contribution in [0.4, 0.5) is 0 Å². The first-order valence-electron chi connectivity index (χ1n) is 5.95. The van der Waals surface area contributed by atoms with Gasteiger partial charge < -0.3 is 10.6 Å². The Bertz CT molecular complexity index is 202. The summed E-state index contributed by atoms with van der Waals surface area (Å²) in [5, 5.41) is 6.32. The van der Waals surface area contributed by atoms with E-state index in [1.807, 2.05) is 0 Å². The van der Waals surface area contributed by atoms with Gasteiger partial charge in [-0.15, -0.1) is 0 Å². The number of rotatable bonds is 4. The Morgan fingerprint density at radius 1 is 1.47 bits per heavy atom. The molecule has 1 heterocycles. The molecule has 1 unspecified atom stereocenters. The van der Waals surface area contributed by atoms with Gasteiger partial charge in [-0.2, -0.15) is 0 Å². The average Bonchev–Trinajstić information content (AvgIpc) is 2.62. The minimum atomic E-state index is 0.205. The van der Waals surface area contributed by atoms with Crippen LogP contribution in [0.5, 0.6) is 0 Å².